The molecule has 0 bridgehead atoms. The minimum atomic E-state index is -0.00587. The molecule has 2 atom stereocenters. The van der Waals surface area contributed by atoms with E-state index in [1.54, 1.807) is 6.26 Å². The molecule has 1 saturated carbocycles. The molecule has 1 heterocycles. The van der Waals surface area contributed by atoms with Gasteiger partial charge in [-0.3, -0.25) is 4.79 Å². The normalized spacial score (nSPS) is 23.9. The molecule has 1 aromatic rings. The van der Waals surface area contributed by atoms with Crippen LogP contribution in [0.15, 0.2) is 22.8 Å². The van der Waals surface area contributed by atoms with E-state index in [9.17, 15) is 4.79 Å². The van der Waals surface area contributed by atoms with Gasteiger partial charge < -0.3 is 15.1 Å². The molecule has 2 rings (SSSR count). The van der Waals surface area contributed by atoms with E-state index in [1.165, 1.54) is 0 Å². The van der Waals surface area contributed by atoms with Gasteiger partial charge in [-0.2, -0.15) is 0 Å². The average molecular weight is 250 g/mol. The topological polar surface area (TPSA) is 59.5 Å². The first-order valence-electron chi connectivity index (χ1n) is 6.79. The number of hydrogen-bond acceptors (Lipinski definition) is 3. The van der Waals surface area contributed by atoms with E-state index >= 15 is 0 Å². The number of carbonyl (C=O) groups is 1. The van der Waals surface area contributed by atoms with Gasteiger partial charge in [0.15, 0.2) is 0 Å². The average Bonchev–Trinajstić information content (AvgIpc) is 2.88. The molecule has 0 spiro atoms. The minimum absolute atomic E-state index is 0.00587. The Hall–Kier alpha value is -1.29. The third-order valence-electron chi connectivity index (χ3n) is 3.76. The van der Waals surface area contributed by atoms with Gasteiger partial charge in [0.05, 0.1) is 18.7 Å². The summed E-state index contributed by atoms with van der Waals surface area (Å²) in [5, 5.41) is 0. The van der Waals surface area contributed by atoms with Gasteiger partial charge in [0.1, 0.15) is 5.76 Å². The molecule has 0 radical (unpaired) electrons. The zero-order chi connectivity index (χ0) is 13.0. The van der Waals surface area contributed by atoms with E-state index in [2.05, 4.69) is 0 Å². The first-order valence-corrected chi connectivity index (χ1v) is 6.79. The fourth-order valence-corrected chi connectivity index (χ4v) is 2.64. The summed E-state index contributed by atoms with van der Waals surface area (Å²) in [5.41, 5.74) is 6.07. The van der Waals surface area contributed by atoms with Crippen LogP contribution in [0.4, 0.5) is 0 Å². The molecule has 1 aliphatic rings. The zero-order valence-electron chi connectivity index (χ0n) is 11.0. The second-order valence-electron chi connectivity index (χ2n) is 4.99. The van der Waals surface area contributed by atoms with Crippen molar-refractivity contribution in [1.29, 1.82) is 0 Å². The van der Waals surface area contributed by atoms with Crippen molar-refractivity contribution in [2.24, 2.45) is 11.7 Å². The quantitative estimate of drug-likeness (QED) is 0.890. The Morgan fingerprint density at radius 2 is 2.28 bits per heavy atom. The lowest BCUT2D eigenvalue weighted by atomic mass is 9.84. The minimum Gasteiger partial charge on any atom is -0.467 e. The molecule has 0 saturated heterocycles. The highest BCUT2D eigenvalue weighted by molar-refractivity contribution is 5.79. The molecule has 1 aliphatic carbocycles. The van der Waals surface area contributed by atoms with Crippen molar-refractivity contribution in [3.63, 3.8) is 0 Å². The highest BCUT2D eigenvalue weighted by Crippen LogP contribution is 2.25. The number of nitrogens with zero attached hydrogens (tertiary/aromatic N) is 1. The van der Waals surface area contributed by atoms with E-state index < -0.39 is 0 Å². The van der Waals surface area contributed by atoms with Crippen LogP contribution in [0.2, 0.25) is 0 Å². The predicted molar refractivity (Wildman–Crippen MR) is 69.7 cm³/mol. The van der Waals surface area contributed by atoms with Gasteiger partial charge >= 0.3 is 0 Å². The molecule has 1 amide bonds. The lowest BCUT2D eigenvalue weighted by Crippen LogP contribution is -2.45. The second-order valence-corrected chi connectivity index (χ2v) is 4.99. The standard InChI is InChI=1S/C14H22N2O2/c1-2-16(10-11-6-5-9-18-11)14(17)12-7-3-4-8-13(12)15/h5-6,9,12-13H,2-4,7-8,10,15H2,1H3. The number of carbonyl (C=O) groups excluding carboxylic acids is 1. The first kappa shape index (κ1) is 13.1. The summed E-state index contributed by atoms with van der Waals surface area (Å²) in [6, 6.07) is 3.77. The summed E-state index contributed by atoms with van der Waals surface area (Å²) in [6.45, 7) is 3.24. The monoisotopic (exact) mass is 250 g/mol. The van der Waals surface area contributed by atoms with Crippen LogP contribution < -0.4 is 5.73 Å². The van der Waals surface area contributed by atoms with Crippen LogP contribution in [-0.4, -0.2) is 23.4 Å². The molecule has 18 heavy (non-hydrogen) atoms. The molecule has 4 heteroatoms. The molecule has 1 fully saturated rings. The number of nitrogens with two attached hydrogens (primary N) is 1. The number of amides is 1. The Balaban J connectivity index is 2.00. The molecule has 100 valence electrons. The molecular formula is C14H22N2O2. The molecule has 0 aromatic carbocycles. The van der Waals surface area contributed by atoms with Gasteiger partial charge in [-0.05, 0) is 31.9 Å². The maximum atomic E-state index is 12.5. The van der Waals surface area contributed by atoms with Gasteiger partial charge in [-0.15, -0.1) is 0 Å². The van der Waals surface area contributed by atoms with E-state index in [0.29, 0.717) is 13.1 Å². The van der Waals surface area contributed by atoms with Crippen molar-refractivity contribution in [2.75, 3.05) is 6.54 Å². The summed E-state index contributed by atoms with van der Waals surface area (Å²) >= 11 is 0. The van der Waals surface area contributed by atoms with Crippen molar-refractivity contribution >= 4 is 5.91 Å². The van der Waals surface area contributed by atoms with Gasteiger partial charge in [-0.1, -0.05) is 12.8 Å². The maximum Gasteiger partial charge on any atom is 0.227 e. The summed E-state index contributed by atoms with van der Waals surface area (Å²) in [6.07, 6.45) is 5.79. The van der Waals surface area contributed by atoms with Crippen LogP contribution >= 0.6 is 0 Å². The fraction of sp³-hybridized carbons (Fsp3) is 0.643. The number of hydrogen-bond donors (Lipinski definition) is 1. The van der Waals surface area contributed by atoms with Gasteiger partial charge in [-0.25, -0.2) is 0 Å². The van der Waals surface area contributed by atoms with Crippen LogP contribution in [-0.2, 0) is 11.3 Å². The zero-order valence-corrected chi connectivity index (χ0v) is 11.0. The van der Waals surface area contributed by atoms with Crippen LogP contribution in [0, 0.1) is 5.92 Å². The maximum absolute atomic E-state index is 12.5. The second kappa shape index (κ2) is 6.05. The Kier molecular flexibility index (Phi) is 4.42. The molecule has 1 aromatic heterocycles. The smallest absolute Gasteiger partial charge is 0.227 e. The van der Waals surface area contributed by atoms with E-state index in [-0.39, 0.29) is 17.9 Å². The largest absolute Gasteiger partial charge is 0.467 e. The molecule has 2 unspecified atom stereocenters. The number of rotatable bonds is 4. The lowest BCUT2D eigenvalue weighted by Gasteiger charge is -2.32. The third-order valence-corrected chi connectivity index (χ3v) is 3.76. The summed E-state index contributed by atoms with van der Waals surface area (Å²) < 4.78 is 5.31. The van der Waals surface area contributed by atoms with Gasteiger partial charge in [0.2, 0.25) is 5.91 Å². The number of furan rings is 1. The van der Waals surface area contributed by atoms with Crippen molar-refractivity contribution in [2.45, 2.75) is 45.2 Å². The van der Waals surface area contributed by atoms with E-state index in [1.807, 2.05) is 24.0 Å². The Morgan fingerprint density at radius 3 is 2.89 bits per heavy atom. The Labute approximate surface area is 108 Å². The van der Waals surface area contributed by atoms with Crippen molar-refractivity contribution < 1.29 is 9.21 Å². The van der Waals surface area contributed by atoms with Crippen LogP contribution in [0.3, 0.4) is 0 Å². The first-order chi connectivity index (χ1) is 8.72. The van der Waals surface area contributed by atoms with Crippen molar-refractivity contribution in [1.82, 2.24) is 4.90 Å². The third kappa shape index (κ3) is 2.93. The Bertz CT molecular complexity index is 375. The summed E-state index contributed by atoms with van der Waals surface area (Å²) in [7, 11) is 0. The van der Waals surface area contributed by atoms with Gasteiger partial charge in [0, 0.05) is 12.6 Å². The van der Waals surface area contributed by atoms with Gasteiger partial charge in [0.25, 0.3) is 0 Å². The molecule has 2 N–H and O–H groups in total. The van der Waals surface area contributed by atoms with E-state index in [4.69, 9.17) is 10.2 Å². The fourth-order valence-electron chi connectivity index (χ4n) is 2.64. The predicted octanol–water partition coefficient (Wildman–Crippen LogP) is 2.15. The van der Waals surface area contributed by atoms with Crippen molar-refractivity contribution in [3.8, 4) is 0 Å². The highest BCUT2D eigenvalue weighted by atomic mass is 16.3. The van der Waals surface area contributed by atoms with Crippen LogP contribution in [0.5, 0.6) is 0 Å². The lowest BCUT2D eigenvalue weighted by molar-refractivity contribution is -0.137. The SMILES string of the molecule is CCN(Cc1ccco1)C(=O)C1CCCCC1N. The highest BCUT2D eigenvalue weighted by Gasteiger charge is 2.31. The van der Waals surface area contributed by atoms with Crippen LogP contribution in [0.25, 0.3) is 0 Å². The van der Waals surface area contributed by atoms with E-state index in [0.717, 1.165) is 31.4 Å². The Morgan fingerprint density at radius 1 is 1.50 bits per heavy atom. The van der Waals surface area contributed by atoms with Crippen LogP contribution in [0.1, 0.15) is 38.4 Å². The summed E-state index contributed by atoms with van der Waals surface area (Å²) in [4.78, 5) is 14.3. The molecular weight excluding hydrogens is 228 g/mol. The van der Waals surface area contributed by atoms with Crippen molar-refractivity contribution in [3.05, 3.63) is 24.2 Å². The molecule has 4 nitrogen and oxygen atoms in total. The summed E-state index contributed by atoms with van der Waals surface area (Å²) in [5.74, 6) is 1.00. The molecule has 0 aliphatic heterocycles.